The monoisotopic (exact) mass is 359 g/mol. The zero-order valence-corrected chi connectivity index (χ0v) is 15.4. The molecule has 0 aliphatic carbocycles. The first-order valence-corrected chi connectivity index (χ1v) is 9.14. The minimum Gasteiger partial charge on any atom is -0.493 e. The van der Waals surface area contributed by atoms with Crippen LogP contribution in [-0.4, -0.2) is 59.1 Å². The lowest BCUT2D eigenvalue weighted by molar-refractivity contribution is 0.244. The summed E-state index contributed by atoms with van der Waals surface area (Å²) < 4.78 is 12.6. The lowest BCUT2D eigenvalue weighted by Crippen LogP contribution is -2.31. The topological polar surface area (TPSA) is 64.8 Å². The van der Waals surface area contributed by atoms with Gasteiger partial charge in [-0.2, -0.15) is 9.61 Å². The third kappa shape index (κ3) is 2.96. The van der Waals surface area contributed by atoms with Crippen LogP contribution < -0.4 is 9.47 Å². The molecular weight excluding hydrogens is 338 g/mol. The molecular formula is C17H21N5O2S. The zero-order chi connectivity index (χ0) is 17.4. The maximum Gasteiger partial charge on any atom is 0.234 e. The molecule has 1 aliphatic heterocycles. The van der Waals surface area contributed by atoms with Crippen LogP contribution in [0, 0.1) is 0 Å². The molecule has 4 rings (SSSR count). The molecule has 0 spiro atoms. The lowest BCUT2D eigenvalue weighted by Gasteiger charge is -2.28. The van der Waals surface area contributed by atoms with Crippen molar-refractivity contribution in [3.05, 3.63) is 24.0 Å². The van der Waals surface area contributed by atoms with E-state index in [4.69, 9.17) is 14.6 Å². The molecule has 132 valence electrons. The molecule has 3 heterocycles. The number of likely N-dealkylation sites (tertiary alicyclic amines) is 1. The van der Waals surface area contributed by atoms with Gasteiger partial charge in [-0.1, -0.05) is 11.3 Å². The number of aromatic nitrogens is 4. The van der Waals surface area contributed by atoms with Crippen LogP contribution in [0.5, 0.6) is 11.5 Å². The first-order valence-electron chi connectivity index (χ1n) is 8.32. The number of rotatable bonds is 4. The van der Waals surface area contributed by atoms with E-state index in [2.05, 4.69) is 22.1 Å². The molecule has 25 heavy (non-hydrogen) atoms. The molecule has 7 nitrogen and oxygen atoms in total. The number of ether oxygens (including phenoxy) is 2. The Labute approximate surface area is 150 Å². The molecule has 1 aliphatic rings. The summed E-state index contributed by atoms with van der Waals surface area (Å²) in [6, 6.07) is 5.83. The predicted octanol–water partition coefficient (Wildman–Crippen LogP) is 2.68. The van der Waals surface area contributed by atoms with E-state index in [9.17, 15) is 0 Å². The van der Waals surface area contributed by atoms with Crippen molar-refractivity contribution in [2.45, 2.75) is 18.8 Å². The number of nitrogens with zero attached hydrogens (tertiary/aromatic N) is 5. The second kappa shape index (κ2) is 6.61. The van der Waals surface area contributed by atoms with Crippen LogP contribution in [0.1, 0.15) is 24.6 Å². The molecule has 1 fully saturated rings. The average molecular weight is 359 g/mol. The lowest BCUT2D eigenvalue weighted by atomic mass is 9.98. The second-order valence-electron chi connectivity index (χ2n) is 6.33. The van der Waals surface area contributed by atoms with Crippen molar-refractivity contribution >= 4 is 16.3 Å². The molecule has 8 heteroatoms. The molecule has 0 bridgehead atoms. The van der Waals surface area contributed by atoms with Crippen LogP contribution in [0.15, 0.2) is 18.2 Å². The smallest absolute Gasteiger partial charge is 0.234 e. The predicted molar refractivity (Wildman–Crippen MR) is 96.7 cm³/mol. The van der Waals surface area contributed by atoms with Gasteiger partial charge in [0.05, 0.1) is 14.2 Å². The van der Waals surface area contributed by atoms with Crippen LogP contribution in [0.2, 0.25) is 0 Å². The van der Waals surface area contributed by atoms with Crippen LogP contribution in [-0.2, 0) is 0 Å². The summed E-state index contributed by atoms with van der Waals surface area (Å²) in [7, 11) is 5.42. The van der Waals surface area contributed by atoms with Gasteiger partial charge in [-0.3, -0.25) is 0 Å². The minimum absolute atomic E-state index is 0.383. The maximum atomic E-state index is 5.40. The molecule has 1 atom stereocenters. The Morgan fingerprint density at radius 3 is 2.76 bits per heavy atom. The van der Waals surface area contributed by atoms with Gasteiger partial charge in [-0.05, 0) is 44.6 Å². The molecule has 3 aromatic rings. The Morgan fingerprint density at radius 1 is 1.16 bits per heavy atom. The standard InChI is InChI=1S/C17H21N5O2S/c1-21-8-4-5-12(10-21)15-18-19-17-22(15)20-16(25-17)11-6-7-13(23-2)14(9-11)24-3/h6-7,9,12H,4-5,8,10H2,1-3H3. The average Bonchev–Trinajstić information content (AvgIpc) is 3.21. The van der Waals surface area contributed by atoms with E-state index in [0.717, 1.165) is 40.9 Å². The molecule has 0 N–H and O–H groups in total. The quantitative estimate of drug-likeness (QED) is 0.714. The van der Waals surface area contributed by atoms with Crippen molar-refractivity contribution < 1.29 is 9.47 Å². The molecule has 2 aromatic heterocycles. The Hall–Kier alpha value is -2.19. The summed E-state index contributed by atoms with van der Waals surface area (Å²) in [5, 5.41) is 14.4. The van der Waals surface area contributed by atoms with E-state index in [1.165, 1.54) is 17.8 Å². The Morgan fingerprint density at radius 2 is 2.00 bits per heavy atom. The van der Waals surface area contributed by atoms with E-state index < -0.39 is 0 Å². The number of piperidine rings is 1. The summed E-state index contributed by atoms with van der Waals surface area (Å²) in [4.78, 5) is 3.17. The molecule has 1 saturated heterocycles. The number of hydrogen-bond donors (Lipinski definition) is 0. The number of hydrogen-bond acceptors (Lipinski definition) is 7. The van der Waals surface area contributed by atoms with Gasteiger partial charge < -0.3 is 14.4 Å². The van der Waals surface area contributed by atoms with Gasteiger partial charge in [-0.25, -0.2) is 0 Å². The fourth-order valence-corrected chi connectivity index (χ4v) is 4.19. The van der Waals surface area contributed by atoms with Crippen LogP contribution in [0.4, 0.5) is 0 Å². The molecule has 0 radical (unpaired) electrons. The Bertz CT molecular complexity index is 890. The third-order valence-electron chi connectivity index (χ3n) is 4.64. The van der Waals surface area contributed by atoms with Crippen molar-refractivity contribution in [3.63, 3.8) is 0 Å². The SMILES string of the molecule is COc1ccc(-c2nn3c(C4CCCN(C)C4)nnc3s2)cc1OC. The highest BCUT2D eigenvalue weighted by Gasteiger charge is 2.25. The minimum atomic E-state index is 0.383. The molecule has 0 amide bonds. The summed E-state index contributed by atoms with van der Waals surface area (Å²) in [5.41, 5.74) is 0.986. The zero-order valence-electron chi connectivity index (χ0n) is 14.6. The van der Waals surface area contributed by atoms with Gasteiger partial charge >= 0.3 is 0 Å². The van der Waals surface area contributed by atoms with Crippen molar-refractivity contribution in [1.29, 1.82) is 0 Å². The Balaban J connectivity index is 1.70. The van der Waals surface area contributed by atoms with Gasteiger partial charge in [-0.15, -0.1) is 10.2 Å². The molecule has 1 aromatic carbocycles. The van der Waals surface area contributed by atoms with E-state index in [0.29, 0.717) is 17.4 Å². The van der Waals surface area contributed by atoms with Crippen molar-refractivity contribution in [1.82, 2.24) is 24.7 Å². The summed E-state index contributed by atoms with van der Waals surface area (Å²) >= 11 is 1.54. The van der Waals surface area contributed by atoms with Crippen LogP contribution in [0.3, 0.4) is 0 Å². The normalized spacial score (nSPS) is 18.6. The number of methoxy groups -OCH3 is 2. The van der Waals surface area contributed by atoms with Gasteiger partial charge in [0, 0.05) is 18.0 Å². The van der Waals surface area contributed by atoms with Crippen LogP contribution >= 0.6 is 11.3 Å². The van der Waals surface area contributed by atoms with E-state index >= 15 is 0 Å². The molecule has 1 unspecified atom stereocenters. The highest BCUT2D eigenvalue weighted by Crippen LogP contribution is 2.35. The van der Waals surface area contributed by atoms with E-state index in [-0.39, 0.29) is 0 Å². The summed E-state index contributed by atoms with van der Waals surface area (Å²) in [6.07, 6.45) is 2.32. The highest BCUT2D eigenvalue weighted by molar-refractivity contribution is 7.19. The van der Waals surface area contributed by atoms with Gasteiger partial charge in [0.25, 0.3) is 0 Å². The van der Waals surface area contributed by atoms with Crippen molar-refractivity contribution in [2.75, 3.05) is 34.4 Å². The summed E-state index contributed by atoms with van der Waals surface area (Å²) in [5.74, 6) is 2.75. The number of benzene rings is 1. The van der Waals surface area contributed by atoms with Gasteiger partial charge in [0.2, 0.25) is 4.96 Å². The van der Waals surface area contributed by atoms with E-state index in [1.807, 2.05) is 22.7 Å². The van der Waals surface area contributed by atoms with Gasteiger partial charge in [0.1, 0.15) is 5.01 Å². The third-order valence-corrected chi connectivity index (χ3v) is 5.58. The highest BCUT2D eigenvalue weighted by atomic mass is 32.1. The first kappa shape index (κ1) is 16.3. The molecule has 0 saturated carbocycles. The van der Waals surface area contributed by atoms with Crippen molar-refractivity contribution in [3.8, 4) is 22.1 Å². The fraction of sp³-hybridized carbons (Fsp3) is 0.471. The summed E-state index contributed by atoms with van der Waals surface area (Å²) in [6.45, 7) is 2.15. The van der Waals surface area contributed by atoms with Gasteiger partial charge in [0.15, 0.2) is 17.3 Å². The van der Waals surface area contributed by atoms with Crippen molar-refractivity contribution in [2.24, 2.45) is 0 Å². The first-order chi connectivity index (χ1) is 12.2. The maximum absolute atomic E-state index is 5.40. The fourth-order valence-electron chi connectivity index (χ4n) is 3.35. The Kier molecular flexibility index (Phi) is 4.30. The second-order valence-corrected chi connectivity index (χ2v) is 7.29. The largest absolute Gasteiger partial charge is 0.493 e. The number of likely N-dealkylation sites (N-methyl/N-ethyl adjacent to an activating group) is 1. The number of fused-ring (bicyclic) bond motifs is 1. The van der Waals surface area contributed by atoms with E-state index in [1.54, 1.807) is 14.2 Å². The van der Waals surface area contributed by atoms with Crippen LogP contribution in [0.25, 0.3) is 15.5 Å².